The Balaban J connectivity index is 3.19. The first kappa shape index (κ1) is 13.6. The molecule has 1 aromatic carbocycles. The predicted molar refractivity (Wildman–Crippen MR) is 73.0 cm³/mol. The van der Waals surface area contributed by atoms with E-state index in [9.17, 15) is 0 Å². The molecule has 0 fully saturated rings. The van der Waals surface area contributed by atoms with Crippen LogP contribution in [-0.2, 0) is 0 Å². The SMILES string of the molecule is CCN(C(=N)N=C(N)N)c1c(Cl)cccc1Cl. The molecule has 92 valence electrons. The lowest BCUT2D eigenvalue weighted by atomic mass is 10.3. The number of nitrogens with two attached hydrogens (primary N) is 2. The molecular weight excluding hydrogens is 261 g/mol. The minimum absolute atomic E-state index is 0.109. The van der Waals surface area contributed by atoms with Crippen LogP contribution in [-0.4, -0.2) is 18.5 Å². The average molecular weight is 274 g/mol. The maximum absolute atomic E-state index is 7.77. The van der Waals surface area contributed by atoms with E-state index >= 15 is 0 Å². The van der Waals surface area contributed by atoms with Crippen LogP contribution >= 0.6 is 23.2 Å². The number of guanidine groups is 2. The van der Waals surface area contributed by atoms with E-state index in [-0.39, 0.29) is 11.9 Å². The van der Waals surface area contributed by atoms with Gasteiger partial charge in [0.25, 0.3) is 0 Å². The molecule has 5 N–H and O–H groups in total. The highest BCUT2D eigenvalue weighted by Crippen LogP contribution is 2.33. The first-order valence-corrected chi connectivity index (χ1v) is 5.62. The van der Waals surface area contributed by atoms with Crippen LogP contribution < -0.4 is 16.4 Å². The lowest BCUT2D eigenvalue weighted by Gasteiger charge is -2.23. The zero-order valence-corrected chi connectivity index (χ0v) is 10.8. The minimum Gasteiger partial charge on any atom is -0.370 e. The van der Waals surface area contributed by atoms with Gasteiger partial charge in [0.15, 0.2) is 5.96 Å². The van der Waals surface area contributed by atoms with Crippen LogP contribution in [0.1, 0.15) is 6.92 Å². The lowest BCUT2D eigenvalue weighted by Crippen LogP contribution is -2.33. The van der Waals surface area contributed by atoms with E-state index in [4.69, 9.17) is 40.1 Å². The first-order valence-electron chi connectivity index (χ1n) is 4.87. The Morgan fingerprint density at radius 1 is 1.35 bits per heavy atom. The van der Waals surface area contributed by atoms with E-state index in [1.165, 1.54) is 4.90 Å². The van der Waals surface area contributed by atoms with E-state index in [1.54, 1.807) is 18.2 Å². The molecule has 0 heterocycles. The molecule has 17 heavy (non-hydrogen) atoms. The molecule has 0 aliphatic rings. The third kappa shape index (κ3) is 3.25. The van der Waals surface area contributed by atoms with Crippen LogP contribution in [0.5, 0.6) is 0 Å². The Morgan fingerprint density at radius 2 is 1.88 bits per heavy atom. The Kier molecular flexibility index (Phi) is 4.60. The number of nitrogens with one attached hydrogen (secondary N) is 1. The van der Waals surface area contributed by atoms with Crippen molar-refractivity contribution in [1.29, 1.82) is 5.41 Å². The molecule has 1 rings (SSSR count). The highest BCUT2D eigenvalue weighted by Gasteiger charge is 2.16. The normalized spacial score (nSPS) is 9.82. The third-order valence-electron chi connectivity index (χ3n) is 2.01. The van der Waals surface area contributed by atoms with Crippen molar-refractivity contribution >= 4 is 40.8 Å². The fourth-order valence-corrected chi connectivity index (χ4v) is 1.94. The van der Waals surface area contributed by atoms with Crippen molar-refractivity contribution < 1.29 is 0 Å². The minimum atomic E-state index is -0.184. The second kappa shape index (κ2) is 5.75. The van der Waals surface area contributed by atoms with Crippen LogP contribution in [0.2, 0.25) is 10.0 Å². The highest BCUT2D eigenvalue weighted by atomic mass is 35.5. The summed E-state index contributed by atoms with van der Waals surface area (Å²) in [6.45, 7) is 2.31. The molecule has 0 amide bonds. The van der Waals surface area contributed by atoms with Crippen molar-refractivity contribution in [3.63, 3.8) is 0 Å². The molecule has 0 bridgehead atoms. The summed E-state index contributed by atoms with van der Waals surface area (Å²) >= 11 is 12.1. The van der Waals surface area contributed by atoms with Crippen molar-refractivity contribution in [3.05, 3.63) is 28.2 Å². The van der Waals surface area contributed by atoms with Gasteiger partial charge in [0.05, 0.1) is 15.7 Å². The average Bonchev–Trinajstić information content (AvgIpc) is 2.22. The molecule has 1 aromatic rings. The van der Waals surface area contributed by atoms with Crippen LogP contribution in [0.3, 0.4) is 0 Å². The summed E-state index contributed by atoms with van der Waals surface area (Å²) in [7, 11) is 0. The molecule has 0 unspecified atom stereocenters. The van der Waals surface area contributed by atoms with Gasteiger partial charge in [-0.2, -0.15) is 4.99 Å². The van der Waals surface area contributed by atoms with Gasteiger partial charge in [-0.1, -0.05) is 29.3 Å². The number of hydrogen-bond donors (Lipinski definition) is 3. The van der Waals surface area contributed by atoms with Crippen molar-refractivity contribution in [2.75, 3.05) is 11.4 Å². The van der Waals surface area contributed by atoms with Crippen LogP contribution in [0.15, 0.2) is 23.2 Å². The number of nitrogens with zero attached hydrogens (tertiary/aromatic N) is 2. The van der Waals surface area contributed by atoms with Gasteiger partial charge in [-0.3, -0.25) is 5.41 Å². The summed E-state index contributed by atoms with van der Waals surface area (Å²) in [5.41, 5.74) is 11.0. The van der Waals surface area contributed by atoms with Gasteiger partial charge in [-0.25, -0.2) is 0 Å². The Bertz CT molecular complexity index is 434. The van der Waals surface area contributed by atoms with Crippen molar-refractivity contribution in [1.82, 2.24) is 0 Å². The topological polar surface area (TPSA) is 91.5 Å². The number of halogens is 2. The molecule has 0 aliphatic heterocycles. The molecule has 5 nitrogen and oxygen atoms in total. The lowest BCUT2D eigenvalue weighted by molar-refractivity contribution is 1.03. The van der Waals surface area contributed by atoms with Crippen molar-refractivity contribution in [2.24, 2.45) is 16.5 Å². The Morgan fingerprint density at radius 3 is 2.29 bits per heavy atom. The standard InChI is InChI=1S/C10H13Cl2N5/c1-2-17(10(15)16-9(13)14)8-6(11)4-3-5-7(8)12/h3-5H,2H2,1H3,(H5,13,14,15,16). The van der Waals surface area contributed by atoms with Gasteiger partial charge >= 0.3 is 0 Å². The summed E-state index contributed by atoms with van der Waals surface area (Å²) in [6, 6.07) is 5.11. The van der Waals surface area contributed by atoms with E-state index < -0.39 is 0 Å². The maximum atomic E-state index is 7.77. The molecule has 0 spiro atoms. The van der Waals surface area contributed by atoms with Crippen LogP contribution in [0, 0.1) is 5.41 Å². The maximum Gasteiger partial charge on any atom is 0.225 e. The van der Waals surface area contributed by atoms with E-state index in [0.717, 1.165) is 0 Å². The van der Waals surface area contributed by atoms with Crippen LogP contribution in [0.25, 0.3) is 0 Å². The van der Waals surface area contributed by atoms with Crippen molar-refractivity contribution in [3.8, 4) is 0 Å². The van der Waals surface area contributed by atoms with Crippen molar-refractivity contribution in [2.45, 2.75) is 6.92 Å². The molecular formula is C10H13Cl2N5. The van der Waals surface area contributed by atoms with Crippen LogP contribution in [0.4, 0.5) is 5.69 Å². The fraction of sp³-hybridized carbons (Fsp3) is 0.200. The number of para-hydroxylation sites is 1. The van der Waals surface area contributed by atoms with Gasteiger partial charge in [0.1, 0.15) is 0 Å². The summed E-state index contributed by atoms with van der Waals surface area (Å²) in [4.78, 5) is 5.19. The number of anilines is 1. The number of benzene rings is 1. The number of rotatable bonds is 2. The second-order valence-corrected chi connectivity index (χ2v) is 3.99. The molecule has 0 radical (unpaired) electrons. The van der Waals surface area contributed by atoms with Gasteiger partial charge in [-0.05, 0) is 19.1 Å². The largest absolute Gasteiger partial charge is 0.370 e. The molecule has 0 saturated carbocycles. The predicted octanol–water partition coefficient (Wildman–Crippen LogP) is 2.03. The third-order valence-corrected chi connectivity index (χ3v) is 2.62. The molecule has 7 heteroatoms. The Labute approximate surface area is 110 Å². The van der Waals surface area contributed by atoms with Gasteiger partial charge in [-0.15, -0.1) is 0 Å². The van der Waals surface area contributed by atoms with Gasteiger partial charge < -0.3 is 16.4 Å². The quantitative estimate of drug-likeness (QED) is 0.569. The molecule has 0 atom stereocenters. The Hall–Kier alpha value is -1.46. The molecule has 0 aromatic heterocycles. The summed E-state index contributed by atoms with van der Waals surface area (Å²) in [5.74, 6) is -0.292. The second-order valence-electron chi connectivity index (χ2n) is 3.17. The molecule has 0 saturated heterocycles. The van der Waals surface area contributed by atoms with E-state index in [2.05, 4.69) is 4.99 Å². The first-order chi connectivity index (χ1) is 7.97. The monoisotopic (exact) mass is 273 g/mol. The smallest absolute Gasteiger partial charge is 0.225 e. The summed E-state index contributed by atoms with van der Waals surface area (Å²) in [6.07, 6.45) is 0. The van der Waals surface area contributed by atoms with E-state index in [1.807, 2.05) is 6.92 Å². The highest BCUT2D eigenvalue weighted by molar-refractivity contribution is 6.40. The summed E-state index contributed by atoms with van der Waals surface area (Å²) in [5, 5.41) is 8.65. The summed E-state index contributed by atoms with van der Waals surface area (Å²) < 4.78 is 0. The fourth-order valence-electron chi connectivity index (χ4n) is 1.34. The molecule has 0 aliphatic carbocycles. The zero-order chi connectivity index (χ0) is 13.0. The number of aliphatic imine (C=N–C) groups is 1. The zero-order valence-electron chi connectivity index (χ0n) is 9.24. The van der Waals surface area contributed by atoms with E-state index in [0.29, 0.717) is 22.3 Å². The van der Waals surface area contributed by atoms with Gasteiger partial charge in [0.2, 0.25) is 5.96 Å². The number of hydrogen-bond acceptors (Lipinski definition) is 1. The van der Waals surface area contributed by atoms with Gasteiger partial charge in [0, 0.05) is 6.54 Å².